The lowest BCUT2D eigenvalue weighted by Gasteiger charge is -2.09. The summed E-state index contributed by atoms with van der Waals surface area (Å²) in [6.07, 6.45) is 0. The molecule has 0 saturated carbocycles. The van der Waals surface area contributed by atoms with Gasteiger partial charge < -0.3 is 11.1 Å². The molecule has 1 amide bonds. The van der Waals surface area contributed by atoms with Gasteiger partial charge in [-0.15, -0.1) is 0 Å². The van der Waals surface area contributed by atoms with E-state index >= 15 is 0 Å². The van der Waals surface area contributed by atoms with E-state index in [1.165, 1.54) is 18.2 Å². The number of nitrogen functional groups attached to an aromatic ring is 1. The summed E-state index contributed by atoms with van der Waals surface area (Å²) in [5, 5.41) is 2.48. The average molecular weight is 323 g/mol. The largest absolute Gasteiger partial charge is 0.397 e. The molecule has 3 nitrogen and oxygen atoms in total. The highest BCUT2D eigenvalue weighted by Gasteiger charge is 2.12. The van der Waals surface area contributed by atoms with Gasteiger partial charge in [0.2, 0.25) is 0 Å². The maximum atomic E-state index is 13.6. The summed E-state index contributed by atoms with van der Waals surface area (Å²) in [4.78, 5) is 12.0. The fraction of sp³-hybridized carbons (Fsp3) is 0.0714. The molecular formula is C14H12BrFN2O. The molecule has 0 spiro atoms. The number of benzene rings is 2. The number of halogens is 2. The van der Waals surface area contributed by atoms with E-state index in [1.54, 1.807) is 12.1 Å². The van der Waals surface area contributed by atoms with Crippen LogP contribution in [0, 0.1) is 12.7 Å². The first-order valence-electron chi connectivity index (χ1n) is 5.60. The maximum absolute atomic E-state index is 13.6. The van der Waals surface area contributed by atoms with Crippen LogP contribution in [-0.4, -0.2) is 5.91 Å². The topological polar surface area (TPSA) is 55.1 Å². The first-order chi connectivity index (χ1) is 8.99. The summed E-state index contributed by atoms with van der Waals surface area (Å²) < 4.78 is 14.4. The lowest BCUT2D eigenvalue weighted by atomic mass is 10.1. The van der Waals surface area contributed by atoms with Crippen molar-refractivity contribution in [3.8, 4) is 0 Å². The lowest BCUT2D eigenvalue weighted by Crippen LogP contribution is -2.14. The Balaban J connectivity index is 2.28. The number of para-hydroxylation sites is 1. The van der Waals surface area contributed by atoms with E-state index in [4.69, 9.17) is 5.73 Å². The van der Waals surface area contributed by atoms with Crippen LogP contribution in [0.5, 0.6) is 0 Å². The van der Waals surface area contributed by atoms with Crippen molar-refractivity contribution in [1.82, 2.24) is 0 Å². The van der Waals surface area contributed by atoms with E-state index in [0.29, 0.717) is 5.56 Å². The molecule has 0 aromatic heterocycles. The average Bonchev–Trinajstić information content (AvgIpc) is 2.37. The van der Waals surface area contributed by atoms with E-state index in [-0.39, 0.29) is 11.4 Å². The fourth-order valence-corrected chi connectivity index (χ4v) is 1.97. The third kappa shape index (κ3) is 2.93. The van der Waals surface area contributed by atoms with Crippen molar-refractivity contribution < 1.29 is 9.18 Å². The Hall–Kier alpha value is -1.88. The number of aryl methyl sites for hydroxylation is 1. The molecule has 0 bridgehead atoms. The third-order valence-corrected chi connectivity index (χ3v) is 3.57. The van der Waals surface area contributed by atoms with Gasteiger partial charge in [-0.3, -0.25) is 4.79 Å². The van der Waals surface area contributed by atoms with Gasteiger partial charge in [-0.1, -0.05) is 28.1 Å². The minimum absolute atomic E-state index is 0.00389. The second-order valence-corrected chi connectivity index (χ2v) is 4.98. The number of anilines is 2. The summed E-state index contributed by atoms with van der Waals surface area (Å²) >= 11 is 3.35. The number of rotatable bonds is 2. The van der Waals surface area contributed by atoms with Crippen LogP contribution in [0.4, 0.5) is 15.8 Å². The molecule has 0 unspecified atom stereocenters. The van der Waals surface area contributed by atoms with Crippen molar-refractivity contribution in [2.24, 2.45) is 0 Å². The van der Waals surface area contributed by atoms with Crippen molar-refractivity contribution >= 4 is 33.2 Å². The predicted octanol–water partition coefficient (Wildman–Crippen LogP) is 3.73. The molecule has 0 aliphatic carbocycles. The Kier molecular flexibility index (Phi) is 3.85. The van der Waals surface area contributed by atoms with Gasteiger partial charge in [0, 0.05) is 10.0 Å². The van der Waals surface area contributed by atoms with Gasteiger partial charge in [-0.2, -0.15) is 0 Å². The minimum atomic E-state index is -0.556. The molecule has 0 saturated heterocycles. The van der Waals surface area contributed by atoms with Gasteiger partial charge in [0.15, 0.2) is 0 Å². The van der Waals surface area contributed by atoms with Crippen molar-refractivity contribution in [3.05, 3.63) is 57.8 Å². The SMILES string of the molecule is Cc1ccc(C(=O)Nc2c(N)cccc2F)cc1Br. The Labute approximate surface area is 118 Å². The van der Waals surface area contributed by atoms with Crippen molar-refractivity contribution in [2.45, 2.75) is 6.92 Å². The van der Waals surface area contributed by atoms with Crippen molar-refractivity contribution in [1.29, 1.82) is 0 Å². The van der Waals surface area contributed by atoms with Crippen LogP contribution in [0.25, 0.3) is 0 Å². The second-order valence-electron chi connectivity index (χ2n) is 4.12. The molecule has 0 atom stereocenters. The zero-order valence-electron chi connectivity index (χ0n) is 10.2. The molecule has 3 N–H and O–H groups in total. The highest BCUT2D eigenvalue weighted by molar-refractivity contribution is 9.10. The monoisotopic (exact) mass is 322 g/mol. The van der Waals surface area contributed by atoms with Crippen molar-refractivity contribution in [2.75, 3.05) is 11.1 Å². The molecule has 2 aromatic rings. The fourth-order valence-electron chi connectivity index (χ4n) is 1.59. The summed E-state index contributed by atoms with van der Waals surface area (Å²) in [7, 11) is 0. The molecule has 5 heteroatoms. The number of nitrogens with one attached hydrogen (secondary N) is 1. The standard InChI is InChI=1S/C14H12BrFN2O/c1-8-5-6-9(7-10(8)15)14(19)18-13-11(16)3-2-4-12(13)17/h2-7H,17H2,1H3,(H,18,19). The minimum Gasteiger partial charge on any atom is -0.397 e. The van der Waals surface area contributed by atoms with Gasteiger partial charge in [0.05, 0.1) is 5.69 Å². The Morgan fingerprint density at radius 2 is 2.05 bits per heavy atom. The van der Waals surface area contributed by atoms with E-state index < -0.39 is 11.7 Å². The lowest BCUT2D eigenvalue weighted by molar-refractivity contribution is 0.102. The van der Waals surface area contributed by atoms with Crippen LogP contribution < -0.4 is 11.1 Å². The van der Waals surface area contributed by atoms with Crippen LogP contribution in [0.3, 0.4) is 0 Å². The van der Waals surface area contributed by atoms with E-state index in [2.05, 4.69) is 21.2 Å². The molecule has 0 fully saturated rings. The molecule has 2 aromatic carbocycles. The molecule has 19 heavy (non-hydrogen) atoms. The van der Waals surface area contributed by atoms with Gasteiger partial charge in [0.1, 0.15) is 11.5 Å². The molecular weight excluding hydrogens is 311 g/mol. The van der Waals surface area contributed by atoms with Crippen LogP contribution in [0.15, 0.2) is 40.9 Å². The van der Waals surface area contributed by atoms with Crippen LogP contribution in [0.2, 0.25) is 0 Å². The molecule has 0 aliphatic rings. The molecule has 0 radical (unpaired) electrons. The zero-order chi connectivity index (χ0) is 14.0. The third-order valence-electron chi connectivity index (χ3n) is 2.72. The summed E-state index contributed by atoms with van der Waals surface area (Å²) in [6.45, 7) is 1.92. The molecule has 98 valence electrons. The van der Waals surface area contributed by atoms with Gasteiger partial charge >= 0.3 is 0 Å². The number of amides is 1. The van der Waals surface area contributed by atoms with Crippen LogP contribution in [0.1, 0.15) is 15.9 Å². The highest BCUT2D eigenvalue weighted by atomic mass is 79.9. The van der Waals surface area contributed by atoms with E-state index in [0.717, 1.165) is 10.0 Å². The van der Waals surface area contributed by atoms with Crippen LogP contribution >= 0.6 is 15.9 Å². The maximum Gasteiger partial charge on any atom is 0.255 e. The first kappa shape index (κ1) is 13.5. The summed E-state index contributed by atoms with van der Waals surface area (Å²) in [5.41, 5.74) is 7.28. The highest BCUT2D eigenvalue weighted by Crippen LogP contribution is 2.23. The van der Waals surface area contributed by atoms with Crippen LogP contribution in [-0.2, 0) is 0 Å². The molecule has 0 aliphatic heterocycles. The number of hydrogen-bond donors (Lipinski definition) is 2. The first-order valence-corrected chi connectivity index (χ1v) is 6.40. The summed E-state index contributed by atoms with van der Waals surface area (Å²) in [6, 6.07) is 9.43. The number of carbonyl (C=O) groups excluding carboxylic acids is 1. The van der Waals surface area contributed by atoms with Gasteiger partial charge in [-0.05, 0) is 36.8 Å². The number of hydrogen-bond acceptors (Lipinski definition) is 2. The Morgan fingerprint density at radius 1 is 1.32 bits per heavy atom. The number of nitrogens with two attached hydrogens (primary N) is 1. The van der Waals surface area contributed by atoms with Gasteiger partial charge in [0.25, 0.3) is 5.91 Å². The Morgan fingerprint density at radius 3 is 2.68 bits per heavy atom. The number of carbonyl (C=O) groups is 1. The van der Waals surface area contributed by atoms with Crippen molar-refractivity contribution in [3.63, 3.8) is 0 Å². The van der Waals surface area contributed by atoms with E-state index in [9.17, 15) is 9.18 Å². The molecule has 0 heterocycles. The molecule has 2 rings (SSSR count). The normalized spacial score (nSPS) is 10.3. The van der Waals surface area contributed by atoms with E-state index in [1.807, 2.05) is 13.0 Å². The Bertz CT molecular complexity index is 623. The van der Waals surface area contributed by atoms with Gasteiger partial charge in [-0.25, -0.2) is 4.39 Å². The smallest absolute Gasteiger partial charge is 0.255 e. The second kappa shape index (κ2) is 5.40. The zero-order valence-corrected chi connectivity index (χ0v) is 11.8. The quantitative estimate of drug-likeness (QED) is 0.828. The summed E-state index contributed by atoms with van der Waals surface area (Å²) in [5.74, 6) is -0.961. The predicted molar refractivity (Wildman–Crippen MR) is 77.6 cm³/mol.